The van der Waals surface area contributed by atoms with E-state index in [-0.39, 0.29) is 43.6 Å². The first-order chi connectivity index (χ1) is 9.29. The predicted octanol–water partition coefficient (Wildman–Crippen LogP) is 2.58. The summed E-state index contributed by atoms with van der Waals surface area (Å²) in [7, 11) is 0. The van der Waals surface area contributed by atoms with E-state index < -0.39 is 12.1 Å². The van der Waals surface area contributed by atoms with Crippen molar-refractivity contribution in [3.05, 3.63) is 16.1 Å². The third-order valence-corrected chi connectivity index (χ3v) is 4.42. The first kappa shape index (κ1) is 15.2. The van der Waals surface area contributed by atoms with Crippen molar-refractivity contribution in [2.75, 3.05) is 13.1 Å². The Balaban J connectivity index is 1.98. The molecule has 2 rings (SSSR count). The van der Waals surface area contributed by atoms with E-state index in [1.54, 1.807) is 12.3 Å². The van der Waals surface area contributed by atoms with Gasteiger partial charge in [0, 0.05) is 18.5 Å². The maximum atomic E-state index is 12.6. The number of nitrogens with two attached hydrogens (primary N) is 1. The molecule has 1 aliphatic heterocycles. The topological polar surface area (TPSA) is 59.2 Å². The number of alkyl halides is 3. The number of halogens is 3. The SMILES string of the molecule is CC(N)c1nc(C(=O)N2CCC(C(F)(F)F)CC2)cs1. The molecule has 0 aliphatic carbocycles. The molecule has 1 atom stereocenters. The van der Waals surface area contributed by atoms with Crippen molar-refractivity contribution in [2.24, 2.45) is 11.7 Å². The van der Waals surface area contributed by atoms with Gasteiger partial charge in [-0.2, -0.15) is 13.2 Å². The largest absolute Gasteiger partial charge is 0.391 e. The summed E-state index contributed by atoms with van der Waals surface area (Å²) in [6.45, 7) is 2.00. The number of piperidine rings is 1. The number of aromatic nitrogens is 1. The lowest BCUT2D eigenvalue weighted by Crippen LogP contribution is -2.42. The van der Waals surface area contributed by atoms with Gasteiger partial charge in [-0.3, -0.25) is 4.79 Å². The molecule has 1 unspecified atom stereocenters. The van der Waals surface area contributed by atoms with Gasteiger partial charge >= 0.3 is 6.18 Å². The zero-order valence-corrected chi connectivity index (χ0v) is 11.8. The van der Waals surface area contributed by atoms with Crippen LogP contribution in [-0.4, -0.2) is 35.1 Å². The van der Waals surface area contributed by atoms with Crippen LogP contribution in [0.4, 0.5) is 13.2 Å². The summed E-state index contributed by atoms with van der Waals surface area (Å²) >= 11 is 1.29. The van der Waals surface area contributed by atoms with Crippen LogP contribution in [0, 0.1) is 5.92 Å². The summed E-state index contributed by atoms with van der Waals surface area (Å²) in [6.07, 6.45) is -4.25. The normalized spacial score (nSPS) is 19.1. The molecule has 0 saturated carbocycles. The lowest BCUT2D eigenvalue weighted by molar-refractivity contribution is -0.183. The molecule has 8 heteroatoms. The van der Waals surface area contributed by atoms with Crippen LogP contribution in [-0.2, 0) is 0 Å². The highest BCUT2D eigenvalue weighted by Gasteiger charge is 2.41. The molecule has 0 aromatic carbocycles. The lowest BCUT2D eigenvalue weighted by atomic mass is 9.96. The number of rotatable bonds is 2. The third-order valence-electron chi connectivity index (χ3n) is 3.38. The van der Waals surface area contributed by atoms with Crippen LogP contribution in [0.15, 0.2) is 5.38 Å². The summed E-state index contributed by atoms with van der Waals surface area (Å²) in [5, 5.41) is 2.26. The average Bonchev–Trinajstić information content (AvgIpc) is 2.86. The summed E-state index contributed by atoms with van der Waals surface area (Å²) in [5.41, 5.74) is 5.94. The molecule has 1 fully saturated rings. The number of amides is 1. The van der Waals surface area contributed by atoms with Gasteiger partial charge in [0.25, 0.3) is 5.91 Å². The van der Waals surface area contributed by atoms with Gasteiger partial charge in [0.15, 0.2) is 0 Å². The van der Waals surface area contributed by atoms with Gasteiger partial charge < -0.3 is 10.6 Å². The highest BCUT2D eigenvalue weighted by molar-refractivity contribution is 7.09. The van der Waals surface area contributed by atoms with Crippen LogP contribution in [0.25, 0.3) is 0 Å². The van der Waals surface area contributed by atoms with E-state index in [0.29, 0.717) is 5.01 Å². The molecule has 1 aliphatic rings. The van der Waals surface area contributed by atoms with Crippen LogP contribution in [0.1, 0.15) is 41.3 Å². The molecule has 0 radical (unpaired) electrons. The molecule has 4 nitrogen and oxygen atoms in total. The Morgan fingerprint density at radius 1 is 1.50 bits per heavy atom. The minimum Gasteiger partial charge on any atom is -0.337 e. The number of likely N-dealkylation sites (tertiary alicyclic amines) is 1. The van der Waals surface area contributed by atoms with E-state index in [9.17, 15) is 18.0 Å². The Labute approximate surface area is 118 Å². The third kappa shape index (κ3) is 3.29. The van der Waals surface area contributed by atoms with E-state index in [4.69, 9.17) is 5.73 Å². The summed E-state index contributed by atoms with van der Waals surface area (Å²) in [5.74, 6) is -1.62. The number of carbonyl (C=O) groups is 1. The number of hydrogen-bond donors (Lipinski definition) is 1. The van der Waals surface area contributed by atoms with Gasteiger partial charge in [-0.05, 0) is 19.8 Å². The number of carbonyl (C=O) groups excluding carboxylic acids is 1. The molecule has 1 aromatic rings. The maximum absolute atomic E-state index is 12.6. The smallest absolute Gasteiger partial charge is 0.337 e. The number of hydrogen-bond acceptors (Lipinski definition) is 4. The number of thiazole rings is 1. The second-order valence-corrected chi connectivity index (χ2v) is 5.86. The fourth-order valence-corrected chi connectivity index (χ4v) is 2.92. The van der Waals surface area contributed by atoms with Crippen molar-refractivity contribution in [1.82, 2.24) is 9.88 Å². The molecular weight excluding hydrogens is 291 g/mol. The van der Waals surface area contributed by atoms with Gasteiger partial charge in [0.1, 0.15) is 10.7 Å². The fraction of sp³-hybridized carbons (Fsp3) is 0.667. The van der Waals surface area contributed by atoms with Gasteiger partial charge in [0.05, 0.1) is 12.0 Å². The van der Waals surface area contributed by atoms with Gasteiger partial charge in [-0.1, -0.05) is 0 Å². The average molecular weight is 307 g/mol. The Hall–Kier alpha value is -1.15. The van der Waals surface area contributed by atoms with E-state index >= 15 is 0 Å². The van der Waals surface area contributed by atoms with Crippen LogP contribution < -0.4 is 5.73 Å². The summed E-state index contributed by atoms with van der Waals surface area (Å²) in [6, 6.07) is -0.252. The maximum Gasteiger partial charge on any atom is 0.391 e. The Morgan fingerprint density at radius 3 is 2.55 bits per heavy atom. The quantitative estimate of drug-likeness (QED) is 0.913. The van der Waals surface area contributed by atoms with Crippen molar-refractivity contribution in [1.29, 1.82) is 0 Å². The van der Waals surface area contributed by atoms with Crippen molar-refractivity contribution in [2.45, 2.75) is 32.0 Å². The number of nitrogens with zero attached hydrogens (tertiary/aromatic N) is 2. The summed E-state index contributed by atoms with van der Waals surface area (Å²) in [4.78, 5) is 17.7. The molecule has 0 bridgehead atoms. The van der Waals surface area contributed by atoms with Crippen LogP contribution in [0.2, 0.25) is 0 Å². The Bertz CT molecular complexity index is 479. The first-order valence-electron chi connectivity index (χ1n) is 6.36. The van der Waals surface area contributed by atoms with E-state index in [2.05, 4.69) is 4.98 Å². The van der Waals surface area contributed by atoms with E-state index in [1.165, 1.54) is 16.2 Å². The van der Waals surface area contributed by atoms with Gasteiger partial charge in [-0.15, -0.1) is 11.3 Å². The Morgan fingerprint density at radius 2 is 2.10 bits per heavy atom. The minimum absolute atomic E-state index is 0.0421. The molecule has 2 heterocycles. The highest BCUT2D eigenvalue weighted by atomic mass is 32.1. The van der Waals surface area contributed by atoms with E-state index in [0.717, 1.165) is 0 Å². The summed E-state index contributed by atoms with van der Waals surface area (Å²) < 4.78 is 37.7. The molecule has 1 amide bonds. The molecular formula is C12H16F3N3OS. The second-order valence-electron chi connectivity index (χ2n) is 4.97. The highest BCUT2D eigenvalue weighted by Crippen LogP contribution is 2.34. The van der Waals surface area contributed by atoms with Crippen molar-refractivity contribution >= 4 is 17.2 Å². The van der Waals surface area contributed by atoms with Crippen molar-refractivity contribution < 1.29 is 18.0 Å². The monoisotopic (exact) mass is 307 g/mol. The first-order valence-corrected chi connectivity index (χ1v) is 7.24. The Kier molecular flexibility index (Phi) is 4.33. The van der Waals surface area contributed by atoms with Crippen LogP contribution in [0.5, 0.6) is 0 Å². The van der Waals surface area contributed by atoms with E-state index in [1.807, 2.05) is 0 Å². The minimum atomic E-state index is -4.17. The molecule has 2 N–H and O–H groups in total. The molecule has 1 saturated heterocycles. The lowest BCUT2D eigenvalue weighted by Gasteiger charge is -2.32. The van der Waals surface area contributed by atoms with Crippen molar-refractivity contribution in [3.8, 4) is 0 Å². The standard InChI is InChI=1S/C12H16F3N3OS/c1-7(16)10-17-9(6-20-10)11(19)18-4-2-8(3-5-18)12(13,14)15/h6-8H,2-5,16H2,1H3. The molecule has 20 heavy (non-hydrogen) atoms. The van der Waals surface area contributed by atoms with Crippen LogP contribution >= 0.6 is 11.3 Å². The zero-order valence-electron chi connectivity index (χ0n) is 11.0. The second kappa shape index (κ2) is 5.69. The van der Waals surface area contributed by atoms with Crippen LogP contribution in [0.3, 0.4) is 0 Å². The van der Waals surface area contributed by atoms with Gasteiger partial charge in [0.2, 0.25) is 0 Å². The molecule has 112 valence electrons. The molecule has 0 spiro atoms. The van der Waals surface area contributed by atoms with Crippen molar-refractivity contribution in [3.63, 3.8) is 0 Å². The van der Waals surface area contributed by atoms with Gasteiger partial charge in [-0.25, -0.2) is 4.98 Å². The fourth-order valence-electron chi connectivity index (χ4n) is 2.17. The predicted molar refractivity (Wildman–Crippen MR) is 69.4 cm³/mol. The zero-order chi connectivity index (χ0) is 14.9. The molecule has 1 aromatic heterocycles.